The summed E-state index contributed by atoms with van der Waals surface area (Å²) in [5.41, 5.74) is 7.48. The minimum Gasteiger partial charge on any atom is -0.398 e. The molecular formula is C13H22N2O3S. The number of aliphatic hydroxyl groups excluding tert-OH is 1. The van der Waals surface area contributed by atoms with Crippen molar-refractivity contribution in [3.05, 3.63) is 23.3 Å². The molecule has 1 aromatic rings. The van der Waals surface area contributed by atoms with E-state index in [1.54, 1.807) is 39.8 Å². The fraction of sp³-hybridized carbons (Fsp3) is 0.538. The number of nitrogen functional groups attached to an aromatic ring is 1. The largest absolute Gasteiger partial charge is 0.398 e. The van der Waals surface area contributed by atoms with Crippen LogP contribution in [0, 0.1) is 13.8 Å². The topological polar surface area (TPSA) is 83.6 Å². The fourth-order valence-electron chi connectivity index (χ4n) is 2.11. The highest BCUT2D eigenvalue weighted by Gasteiger charge is 2.29. The Morgan fingerprint density at radius 2 is 1.89 bits per heavy atom. The van der Waals surface area contributed by atoms with Crippen molar-refractivity contribution in [1.29, 1.82) is 0 Å². The van der Waals surface area contributed by atoms with Crippen LogP contribution in [-0.2, 0) is 10.0 Å². The summed E-state index contributed by atoms with van der Waals surface area (Å²) in [6.07, 6.45) is 0. The van der Waals surface area contributed by atoms with Crippen LogP contribution >= 0.6 is 0 Å². The van der Waals surface area contributed by atoms with Gasteiger partial charge in [-0.05, 0) is 44.9 Å². The predicted molar refractivity (Wildman–Crippen MR) is 76.4 cm³/mol. The van der Waals surface area contributed by atoms with Crippen molar-refractivity contribution >= 4 is 15.7 Å². The normalized spacial score (nSPS) is 12.4. The van der Waals surface area contributed by atoms with Crippen molar-refractivity contribution in [2.24, 2.45) is 0 Å². The zero-order valence-electron chi connectivity index (χ0n) is 11.8. The number of aliphatic hydroxyl groups is 1. The van der Waals surface area contributed by atoms with Gasteiger partial charge in [0.05, 0.1) is 11.5 Å². The first-order valence-corrected chi connectivity index (χ1v) is 7.65. The van der Waals surface area contributed by atoms with Gasteiger partial charge in [0.2, 0.25) is 10.0 Å². The summed E-state index contributed by atoms with van der Waals surface area (Å²) in [6.45, 7) is 6.88. The van der Waals surface area contributed by atoms with Gasteiger partial charge >= 0.3 is 0 Å². The maximum atomic E-state index is 12.7. The van der Waals surface area contributed by atoms with Crippen molar-refractivity contribution in [1.82, 2.24) is 4.31 Å². The van der Waals surface area contributed by atoms with Gasteiger partial charge in [0.15, 0.2) is 0 Å². The SMILES string of the molecule is Cc1ccc(N)c(C)c1S(=O)(=O)N(CCO)C(C)C. The third-order valence-electron chi connectivity index (χ3n) is 3.11. The lowest BCUT2D eigenvalue weighted by Crippen LogP contribution is -2.39. The lowest BCUT2D eigenvalue weighted by molar-refractivity contribution is 0.236. The Hall–Kier alpha value is -1.11. The number of nitrogens with zero attached hydrogens (tertiary/aromatic N) is 1. The first kappa shape index (κ1) is 15.9. The molecule has 0 amide bonds. The summed E-state index contributed by atoms with van der Waals surface area (Å²) >= 11 is 0. The van der Waals surface area contributed by atoms with E-state index in [2.05, 4.69) is 0 Å². The first-order chi connectivity index (χ1) is 8.73. The Morgan fingerprint density at radius 3 is 2.37 bits per heavy atom. The van der Waals surface area contributed by atoms with Gasteiger partial charge in [0.25, 0.3) is 0 Å². The summed E-state index contributed by atoms with van der Waals surface area (Å²) in [4.78, 5) is 0.245. The van der Waals surface area contributed by atoms with E-state index >= 15 is 0 Å². The van der Waals surface area contributed by atoms with Crippen molar-refractivity contribution < 1.29 is 13.5 Å². The lowest BCUT2D eigenvalue weighted by atomic mass is 10.1. The van der Waals surface area contributed by atoms with Gasteiger partial charge in [0, 0.05) is 18.3 Å². The van der Waals surface area contributed by atoms with Crippen LogP contribution in [-0.4, -0.2) is 37.0 Å². The number of anilines is 1. The molecule has 0 spiro atoms. The molecule has 0 atom stereocenters. The second-order valence-electron chi connectivity index (χ2n) is 4.86. The Labute approximate surface area is 115 Å². The van der Waals surface area contributed by atoms with Crippen molar-refractivity contribution in [2.45, 2.75) is 38.6 Å². The molecule has 0 aliphatic rings. The van der Waals surface area contributed by atoms with Crippen molar-refractivity contribution in [3.8, 4) is 0 Å². The van der Waals surface area contributed by atoms with E-state index < -0.39 is 10.0 Å². The molecule has 19 heavy (non-hydrogen) atoms. The average molecular weight is 286 g/mol. The van der Waals surface area contributed by atoms with Crippen LogP contribution in [0.2, 0.25) is 0 Å². The molecule has 0 bridgehead atoms. The van der Waals surface area contributed by atoms with Crippen LogP contribution in [0.5, 0.6) is 0 Å². The second-order valence-corrected chi connectivity index (χ2v) is 6.69. The number of sulfonamides is 1. The highest BCUT2D eigenvalue weighted by molar-refractivity contribution is 7.89. The molecule has 6 heteroatoms. The van der Waals surface area contributed by atoms with E-state index in [-0.39, 0.29) is 24.1 Å². The van der Waals surface area contributed by atoms with Crippen molar-refractivity contribution in [2.75, 3.05) is 18.9 Å². The van der Waals surface area contributed by atoms with Gasteiger partial charge in [-0.1, -0.05) is 6.07 Å². The molecule has 108 valence electrons. The van der Waals surface area contributed by atoms with E-state index in [0.717, 1.165) is 0 Å². The summed E-state index contributed by atoms with van der Waals surface area (Å²) in [6, 6.07) is 3.18. The average Bonchev–Trinajstić information content (AvgIpc) is 2.30. The maximum Gasteiger partial charge on any atom is 0.243 e. The smallest absolute Gasteiger partial charge is 0.243 e. The highest BCUT2D eigenvalue weighted by atomic mass is 32.2. The van der Waals surface area contributed by atoms with Crippen LogP contribution in [0.4, 0.5) is 5.69 Å². The van der Waals surface area contributed by atoms with E-state index in [1.165, 1.54) is 4.31 Å². The fourth-order valence-corrected chi connectivity index (χ4v) is 4.20. The summed E-state index contributed by atoms with van der Waals surface area (Å²) in [5, 5.41) is 9.06. The molecule has 0 aliphatic carbocycles. The molecule has 0 unspecified atom stereocenters. The minimum absolute atomic E-state index is 0.0771. The molecule has 0 saturated heterocycles. The van der Waals surface area contributed by atoms with Gasteiger partial charge in [-0.2, -0.15) is 4.31 Å². The first-order valence-electron chi connectivity index (χ1n) is 6.21. The van der Waals surface area contributed by atoms with Crippen LogP contribution in [0.1, 0.15) is 25.0 Å². The molecule has 3 N–H and O–H groups in total. The number of benzene rings is 1. The minimum atomic E-state index is -3.65. The van der Waals surface area contributed by atoms with Gasteiger partial charge in [0.1, 0.15) is 0 Å². The lowest BCUT2D eigenvalue weighted by Gasteiger charge is -2.27. The number of nitrogens with two attached hydrogens (primary N) is 1. The van der Waals surface area contributed by atoms with Gasteiger partial charge < -0.3 is 10.8 Å². The number of hydrogen-bond donors (Lipinski definition) is 2. The second kappa shape index (κ2) is 5.90. The van der Waals surface area contributed by atoms with Crippen molar-refractivity contribution in [3.63, 3.8) is 0 Å². The maximum absolute atomic E-state index is 12.7. The molecule has 1 rings (SSSR count). The Morgan fingerprint density at radius 1 is 1.32 bits per heavy atom. The zero-order chi connectivity index (χ0) is 14.8. The number of rotatable bonds is 5. The molecule has 0 aliphatic heterocycles. The predicted octanol–water partition coefficient (Wildman–Crippen LogP) is 1.28. The summed E-state index contributed by atoms with van der Waals surface area (Å²) in [7, 11) is -3.65. The Kier molecular flexibility index (Phi) is 4.95. The van der Waals surface area contributed by atoms with Gasteiger partial charge in [-0.3, -0.25) is 0 Å². The van der Waals surface area contributed by atoms with E-state index in [0.29, 0.717) is 16.8 Å². The molecule has 5 nitrogen and oxygen atoms in total. The van der Waals surface area contributed by atoms with Crippen LogP contribution in [0.3, 0.4) is 0 Å². The van der Waals surface area contributed by atoms with E-state index in [9.17, 15) is 8.42 Å². The van der Waals surface area contributed by atoms with Crippen LogP contribution in [0.25, 0.3) is 0 Å². The summed E-state index contributed by atoms with van der Waals surface area (Å²) in [5.74, 6) is 0. The molecule has 0 heterocycles. The molecular weight excluding hydrogens is 264 g/mol. The number of hydrogen-bond acceptors (Lipinski definition) is 4. The van der Waals surface area contributed by atoms with Gasteiger partial charge in [-0.25, -0.2) is 8.42 Å². The molecule has 0 saturated carbocycles. The molecule has 0 fully saturated rings. The standard InChI is InChI=1S/C13H22N2O3S/c1-9(2)15(7-8-16)19(17,18)13-10(3)5-6-12(14)11(13)4/h5-6,9,16H,7-8,14H2,1-4H3. The van der Waals surface area contributed by atoms with E-state index in [1.807, 2.05) is 0 Å². The molecule has 0 radical (unpaired) electrons. The zero-order valence-corrected chi connectivity index (χ0v) is 12.7. The quantitative estimate of drug-likeness (QED) is 0.799. The monoisotopic (exact) mass is 286 g/mol. The number of aryl methyl sites for hydroxylation is 1. The Bertz CT molecular complexity index is 553. The van der Waals surface area contributed by atoms with E-state index in [4.69, 9.17) is 10.8 Å². The summed E-state index contributed by atoms with van der Waals surface area (Å²) < 4.78 is 26.7. The van der Waals surface area contributed by atoms with Gasteiger partial charge in [-0.15, -0.1) is 0 Å². The highest BCUT2D eigenvalue weighted by Crippen LogP contribution is 2.28. The molecule has 1 aromatic carbocycles. The Balaban J connectivity index is 3.46. The third-order valence-corrected chi connectivity index (χ3v) is 5.47. The van der Waals surface area contributed by atoms with Crippen LogP contribution < -0.4 is 5.73 Å². The molecule has 0 aromatic heterocycles. The van der Waals surface area contributed by atoms with Crippen LogP contribution in [0.15, 0.2) is 17.0 Å². The third kappa shape index (κ3) is 3.08.